The van der Waals surface area contributed by atoms with Crippen LogP contribution in [-0.4, -0.2) is 57.5 Å². The molecule has 2 unspecified atom stereocenters. The number of aliphatic hydroxyl groups excluding tert-OH is 1. The summed E-state index contributed by atoms with van der Waals surface area (Å²) in [7, 11) is -4.30. The van der Waals surface area contributed by atoms with Crippen LogP contribution in [0.5, 0.6) is 5.75 Å². The number of ether oxygens (including phenoxy) is 2. The van der Waals surface area contributed by atoms with Gasteiger partial charge in [-0.1, -0.05) is 32.0 Å². The molecule has 1 amide bonds. The molecule has 0 saturated carbocycles. The SMILES string of the molecule is CC(C)OC(=O)[C@H](C)NP(=O)(OC[C@H]1OC(n2ccc(NC(=O)C(C)C)nc2=O)[C@](C)(C#N)[C@@H]1O)Oc1ccccc1. The monoisotopic (exact) mass is 605 g/mol. The number of carbonyl (C=O) groups excluding carboxylic acids is 2. The van der Waals surface area contributed by atoms with E-state index >= 15 is 0 Å². The fraction of sp³-hybridized carbons (Fsp3) is 0.519. The zero-order chi connectivity index (χ0) is 31.2. The summed E-state index contributed by atoms with van der Waals surface area (Å²) in [5.41, 5.74) is -2.50. The number of hydrogen-bond acceptors (Lipinski definition) is 11. The number of aliphatic hydroxyl groups is 1. The van der Waals surface area contributed by atoms with Crippen LogP contribution < -0.4 is 20.6 Å². The summed E-state index contributed by atoms with van der Waals surface area (Å²) in [4.78, 5) is 41.1. The van der Waals surface area contributed by atoms with Crippen molar-refractivity contribution in [1.82, 2.24) is 14.6 Å². The van der Waals surface area contributed by atoms with Gasteiger partial charge in [0.05, 0.1) is 18.8 Å². The number of nitrogens with one attached hydrogen (secondary N) is 2. The van der Waals surface area contributed by atoms with E-state index < -0.39 is 62.0 Å². The van der Waals surface area contributed by atoms with Gasteiger partial charge in [0, 0.05) is 12.1 Å². The minimum absolute atomic E-state index is 0.0160. The fourth-order valence-corrected chi connectivity index (χ4v) is 5.46. The highest BCUT2D eigenvalue weighted by Crippen LogP contribution is 2.48. The van der Waals surface area contributed by atoms with Crippen molar-refractivity contribution in [2.24, 2.45) is 11.3 Å². The van der Waals surface area contributed by atoms with Gasteiger partial charge >= 0.3 is 19.4 Å². The highest BCUT2D eigenvalue weighted by molar-refractivity contribution is 7.52. The lowest BCUT2D eigenvalue weighted by Crippen LogP contribution is -2.40. The average Bonchev–Trinajstić information content (AvgIpc) is 3.17. The molecule has 2 heterocycles. The third kappa shape index (κ3) is 7.81. The average molecular weight is 606 g/mol. The predicted octanol–water partition coefficient (Wildman–Crippen LogP) is 2.76. The zero-order valence-corrected chi connectivity index (χ0v) is 25.1. The Labute approximate surface area is 243 Å². The van der Waals surface area contributed by atoms with Crippen LogP contribution >= 0.6 is 7.75 Å². The summed E-state index contributed by atoms with van der Waals surface area (Å²) >= 11 is 0. The summed E-state index contributed by atoms with van der Waals surface area (Å²) in [5.74, 6) is -1.19. The summed E-state index contributed by atoms with van der Waals surface area (Å²) < 4.78 is 37.1. The first-order chi connectivity index (χ1) is 19.7. The Balaban J connectivity index is 1.83. The molecule has 1 aliphatic rings. The van der Waals surface area contributed by atoms with Gasteiger partial charge in [-0.15, -0.1) is 0 Å². The lowest BCUT2D eigenvalue weighted by Gasteiger charge is -2.26. The number of para-hydroxylation sites is 1. The van der Waals surface area contributed by atoms with Crippen LogP contribution in [0.1, 0.15) is 47.8 Å². The van der Waals surface area contributed by atoms with Gasteiger partial charge in [-0.05, 0) is 45.9 Å². The summed E-state index contributed by atoms with van der Waals surface area (Å²) in [6, 6.07) is 10.3. The first-order valence-corrected chi connectivity index (χ1v) is 14.9. The second-order valence-electron chi connectivity index (χ2n) is 10.5. The largest absolute Gasteiger partial charge is 0.462 e. The molecule has 0 aliphatic carbocycles. The first kappa shape index (κ1) is 32.9. The van der Waals surface area contributed by atoms with E-state index in [4.69, 9.17) is 18.5 Å². The molecule has 2 aromatic rings. The molecule has 0 radical (unpaired) electrons. The molecule has 1 aromatic heterocycles. The molecule has 1 aliphatic heterocycles. The van der Waals surface area contributed by atoms with E-state index in [9.17, 15) is 29.3 Å². The van der Waals surface area contributed by atoms with Crippen molar-refractivity contribution in [3.8, 4) is 11.8 Å². The van der Waals surface area contributed by atoms with Crippen molar-refractivity contribution in [3.05, 3.63) is 53.1 Å². The van der Waals surface area contributed by atoms with E-state index in [1.807, 2.05) is 6.07 Å². The second-order valence-corrected chi connectivity index (χ2v) is 12.2. The molecule has 6 atom stereocenters. The van der Waals surface area contributed by atoms with Gasteiger partial charge in [0.25, 0.3) is 0 Å². The summed E-state index contributed by atoms with van der Waals surface area (Å²) in [6.07, 6.45) is -3.21. The molecule has 1 fully saturated rings. The van der Waals surface area contributed by atoms with Crippen molar-refractivity contribution in [1.29, 1.82) is 5.26 Å². The number of rotatable bonds is 12. The second kappa shape index (κ2) is 13.6. The normalized spacial score (nSPS) is 24.0. The van der Waals surface area contributed by atoms with Gasteiger partial charge in [-0.2, -0.15) is 15.3 Å². The van der Waals surface area contributed by atoms with Crippen LogP contribution in [0.3, 0.4) is 0 Å². The fourth-order valence-electron chi connectivity index (χ4n) is 3.96. The molecule has 228 valence electrons. The third-order valence-electron chi connectivity index (χ3n) is 6.32. The van der Waals surface area contributed by atoms with Crippen molar-refractivity contribution in [2.45, 2.75) is 72.1 Å². The highest BCUT2D eigenvalue weighted by Gasteiger charge is 2.55. The third-order valence-corrected chi connectivity index (χ3v) is 7.96. The highest BCUT2D eigenvalue weighted by atomic mass is 31.2. The Hall–Kier alpha value is -3.60. The number of esters is 1. The van der Waals surface area contributed by atoms with Crippen molar-refractivity contribution >= 4 is 25.4 Å². The van der Waals surface area contributed by atoms with Crippen LogP contribution in [0.2, 0.25) is 0 Å². The topological polar surface area (TPSA) is 191 Å². The lowest BCUT2D eigenvalue weighted by atomic mass is 9.84. The Morgan fingerprint density at radius 1 is 1.21 bits per heavy atom. The number of amides is 1. The van der Waals surface area contributed by atoms with Gasteiger partial charge in [-0.25, -0.2) is 9.36 Å². The number of anilines is 1. The molecule has 3 N–H and O–H groups in total. The van der Waals surface area contributed by atoms with Gasteiger partial charge in [0.2, 0.25) is 5.91 Å². The zero-order valence-electron chi connectivity index (χ0n) is 24.2. The Bertz CT molecular complexity index is 1410. The minimum Gasteiger partial charge on any atom is -0.462 e. The number of carbonyl (C=O) groups is 2. The van der Waals surface area contributed by atoms with Crippen LogP contribution in [0.25, 0.3) is 0 Å². The molecular weight excluding hydrogens is 569 g/mol. The number of hydrogen-bond donors (Lipinski definition) is 3. The number of nitrogens with zero attached hydrogens (tertiary/aromatic N) is 3. The van der Waals surface area contributed by atoms with Crippen LogP contribution in [0.15, 0.2) is 47.4 Å². The Morgan fingerprint density at radius 2 is 1.88 bits per heavy atom. The molecule has 0 spiro atoms. The van der Waals surface area contributed by atoms with E-state index in [1.54, 1.807) is 45.9 Å². The van der Waals surface area contributed by atoms with Gasteiger partial charge in [0.1, 0.15) is 35.2 Å². The predicted molar refractivity (Wildman–Crippen MR) is 150 cm³/mol. The van der Waals surface area contributed by atoms with E-state index in [2.05, 4.69) is 15.4 Å². The van der Waals surface area contributed by atoms with Crippen molar-refractivity contribution in [3.63, 3.8) is 0 Å². The van der Waals surface area contributed by atoms with Crippen molar-refractivity contribution < 1.29 is 37.8 Å². The lowest BCUT2D eigenvalue weighted by molar-refractivity contribution is -0.149. The first-order valence-electron chi connectivity index (χ1n) is 13.3. The van der Waals surface area contributed by atoms with E-state index in [0.717, 1.165) is 4.57 Å². The summed E-state index contributed by atoms with van der Waals surface area (Å²) in [5, 5.41) is 26.1. The molecule has 1 saturated heterocycles. The van der Waals surface area contributed by atoms with E-state index in [0.29, 0.717) is 0 Å². The van der Waals surface area contributed by atoms with Gasteiger partial charge in [0.15, 0.2) is 6.23 Å². The number of nitriles is 1. The molecule has 42 heavy (non-hydrogen) atoms. The molecule has 15 heteroatoms. The standard InChI is InChI=1S/C27H36N5O9P/c1-16(2)23(34)29-21-12-13-32(26(36)30-21)25-27(6,15-28)22(33)20(40-25)14-38-42(37,41-19-10-8-7-9-11-19)31-18(5)24(35)39-17(3)4/h7-13,16-18,20,22,25,33H,14H2,1-6H3,(H,31,37)(H,29,30,34,36)/t18-,20+,22+,25?,27+,42?/m0/s1. The van der Waals surface area contributed by atoms with E-state index in [-0.39, 0.29) is 23.4 Å². The van der Waals surface area contributed by atoms with Gasteiger partial charge < -0.3 is 24.4 Å². The Morgan fingerprint density at radius 3 is 2.45 bits per heavy atom. The maximum absolute atomic E-state index is 13.8. The summed E-state index contributed by atoms with van der Waals surface area (Å²) in [6.45, 7) is 8.96. The minimum atomic E-state index is -4.30. The number of aromatic nitrogens is 2. The Kier molecular flexibility index (Phi) is 10.6. The molecule has 14 nitrogen and oxygen atoms in total. The molecule has 0 bridgehead atoms. The molecule has 3 rings (SSSR count). The maximum atomic E-state index is 13.8. The van der Waals surface area contributed by atoms with Crippen LogP contribution in [0.4, 0.5) is 5.82 Å². The van der Waals surface area contributed by atoms with Crippen LogP contribution in [-0.2, 0) is 28.2 Å². The maximum Gasteiger partial charge on any atom is 0.459 e. The van der Waals surface area contributed by atoms with E-state index in [1.165, 1.54) is 38.2 Å². The quantitative estimate of drug-likeness (QED) is 0.237. The van der Waals surface area contributed by atoms with Crippen LogP contribution in [0, 0.1) is 22.7 Å². The smallest absolute Gasteiger partial charge is 0.459 e. The number of benzene rings is 1. The molecule has 1 aromatic carbocycles. The van der Waals surface area contributed by atoms with Gasteiger partial charge in [-0.3, -0.25) is 18.7 Å². The molecular formula is C27H36N5O9P. The van der Waals surface area contributed by atoms with Crippen molar-refractivity contribution in [2.75, 3.05) is 11.9 Å².